The Morgan fingerprint density at radius 2 is 2.39 bits per heavy atom. The fraction of sp³-hybridized carbons (Fsp3) is 0.786. The predicted octanol–water partition coefficient (Wildman–Crippen LogP) is 1.77. The molecule has 1 aliphatic heterocycles. The highest BCUT2D eigenvalue weighted by Gasteiger charge is 2.12. The van der Waals surface area contributed by atoms with E-state index in [2.05, 4.69) is 33.9 Å². The molecule has 1 atom stereocenters. The molecule has 2 rings (SSSR count). The summed E-state index contributed by atoms with van der Waals surface area (Å²) in [7, 11) is 4.24. The van der Waals surface area contributed by atoms with Gasteiger partial charge in [-0.15, -0.1) is 0 Å². The van der Waals surface area contributed by atoms with Crippen molar-refractivity contribution in [3.8, 4) is 0 Å². The summed E-state index contributed by atoms with van der Waals surface area (Å²) in [5.74, 6) is 1.15. The predicted molar refractivity (Wildman–Crippen MR) is 74.4 cm³/mol. The topological polar surface area (TPSA) is 33.1 Å². The molecule has 0 saturated carbocycles. The Morgan fingerprint density at radius 1 is 1.50 bits per heavy atom. The van der Waals surface area contributed by atoms with Crippen molar-refractivity contribution in [3.05, 3.63) is 18.2 Å². The van der Waals surface area contributed by atoms with E-state index in [0.717, 1.165) is 25.0 Å². The van der Waals surface area contributed by atoms with Gasteiger partial charge in [-0.25, -0.2) is 4.98 Å². The third-order valence-electron chi connectivity index (χ3n) is 3.84. The lowest BCUT2D eigenvalue weighted by molar-refractivity contribution is 0.289. The number of imidazole rings is 1. The van der Waals surface area contributed by atoms with Crippen LogP contribution in [0.25, 0.3) is 0 Å². The number of aromatic nitrogens is 2. The molecule has 18 heavy (non-hydrogen) atoms. The van der Waals surface area contributed by atoms with Gasteiger partial charge < -0.3 is 9.88 Å². The maximum Gasteiger partial charge on any atom is 0.122 e. The Balaban J connectivity index is 1.62. The molecule has 1 aromatic rings. The molecular weight excluding hydrogens is 224 g/mol. The zero-order valence-electron chi connectivity index (χ0n) is 11.7. The molecule has 1 N–H and O–H groups in total. The Labute approximate surface area is 110 Å². The van der Waals surface area contributed by atoms with Crippen LogP contribution in [0.3, 0.4) is 0 Å². The van der Waals surface area contributed by atoms with Crippen LogP contribution in [0.4, 0.5) is 0 Å². The van der Waals surface area contributed by atoms with Gasteiger partial charge >= 0.3 is 0 Å². The summed E-state index contributed by atoms with van der Waals surface area (Å²) in [4.78, 5) is 6.73. The molecule has 1 saturated heterocycles. The molecule has 0 radical (unpaired) electrons. The standard InChI is InChI=1S/C14H26N4/c1-17(12-14-16-9-11-18(14)2)10-5-7-13-6-3-4-8-15-13/h9,11,13,15H,3-8,10,12H2,1-2H3. The minimum absolute atomic E-state index is 0.764. The summed E-state index contributed by atoms with van der Waals surface area (Å²) in [6.07, 6.45) is 10.6. The van der Waals surface area contributed by atoms with Gasteiger partial charge in [0.15, 0.2) is 0 Å². The van der Waals surface area contributed by atoms with E-state index in [0.29, 0.717) is 0 Å². The van der Waals surface area contributed by atoms with E-state index in [1.54, 1.807) is 0 Å². The molecule has 0 aromatic carbocycles. The molecule has 0 bridgehead atoms. The van der Waals surface area contributed by atoms with Crippen LogP contribution in [0.1, 0.15) is 37.9 Å². The molecule has 0 spiro atoms. The van der Waals surface area contributed by atoms with Crippen molar-refractivity contribution < 1.29 is 0 Å². The molecule has 4 heteroatoms. The Morgan fingerprint density at radius 3 is 3.06 bits per heavy atom. The Hall–Kier alpha value is -0.870. The highest BCUT2D eigenvalue weighted by molar-refractivity contribution is 4.90. The monoisotopic (exact) mass is 250 g/mol. The SMILES string of the molecule is CN(CCCC1CCCCN1)Cc1nccn1C. The zero-order valence-corrected chi connectivity index (χ0v) is 11.7. The Bertz CT molecular complexity index is 341. The van der Waals surface area contributed by atoms with Crippen LogP contribution in [0.2, 0.25) is 0 Å². The van der Waals surface area contributed by atoms with E-state index in [1.165, 1.54) is 38.6 Å². The van der Waals surface area contributed by atoms with Gasteiger partial charge in [0.25, 0.3) is 0 Å². The maximum atomic E-state index is 4.36. The van der Waals surface area contributed by atoms with Gasteiger partial charge in [0.05, 0.1) is 6.54 Å². The summed E-state index contributed by atoms with van der Waals surface area (Å²) in [6.45, 7) is 3.32. The number of aryl methyl sites for hydroxylation is 1. The largest absolute Gasteiger partial charge is 0.337 e. The first-order chi connectivity index (χ1) is 8.75. The van der Waals surface area contributed by atoms with Crippen molar-refractivity contribution in [2.75, 3.05) is 20.1 Å². The van der Waals surface area contributed by atoms with E-state index >= 15 is 0 Å². The van der Waals surface area contributed by atoms with E-state index in [-0.39, 0.29) is 0 Å². The molecule has 102 valence electrons. The molecule has 1 fully saturated rings. The van der Waals surface area contributed by atoms with Gasteiger partial charge in [0.1, 0.15) is 5.82 Å². The molecule has 2 heterocycles. The second kappa shape index (κ2) is 6.90. The van der Waals surface area contributed by atoms with Crippen LogP contribution in [0, 0.1) is 0 Å². The van der Waals surface area contributed by atoms with Gasteiger partial charge in [-0.05, 0) is 45.8 Å². The summed E-state index contributed by atoms with van der Waals surface area (Å²) in [5.41, 5.74) is 0. The fourth-order valence-corrected chi connectivity index (χ4v) is 2.65. The first kappa shape index (κ1) is 13.6. The van der Waals surface area contributed by atoms with E-state index in [4.69, 9.17) is 0 Å². The summed E-state index contributed by atoms with van der Waals surface area (Å²) in [6, 6.07) is 0.764. The van der Waals surface area contributed by atoms with Crippen molar-refractivity contribution in [1.82, 2.24) is 19.8 Å². The highest BCUT2D eigenvalue weighted by atomic mass is 15.1. The van der Waals surface area contributed by atoms with E-state index in [1.807, 2.05) is 12.4 Å². The van der Waals surface area contributed by atoms with Gasteiger partial charge in [0.2, 0.25) is 0 Å². The van der Waals surface area contributed by atoms with Crippen LogP contribution in [0.15, 0.2) is 12.4 Å². The van der Waals surface area contributed by atoms with E-state index < -0.39 is 0 Å². The van der Waals surface area contributed by atoms with Crippen molar-refractivity contribution in [1.29, 1.82) is 0 Å². The van der Waals surface area contributed by atoms with Crippen LogP contribution >= 0.6 is 0 Å². The van der Waals surface area contributed by atoms with Crippen molar-refractivity contribution in [2.45, 2.75) is 44.7 Å². The van der Waals surface area contributed by atoms with Gasteiger partial charge in [-0.3, -0.25) is 4.90 Å². The number of nitrogens with zero attached hydrogens (tertiary/aromatic N) is 3. The second-order valence-corrected chi connectivity index (χ2v) is 5.48. The molecule has 4 nitrogen and oxygen atoms in total. The van der Waals surface area contributed by atoms with Crippen molar-refractivity contribution >= 4 is 0 Å². The summed E-state index contributed by atoms with van der Waals surface area (Å²) >= 11 is 0. The first-order valence-electron chi connectivity index (χ1n) is 7.14. The maximum absolute atomic E-state index is 4.36. The number of rotatable bonds is 6. The van der Waals surface area contributed by atoms with Crippen LogP contribution in [-0.2, 0) is 13.6 Å². The third kappa shape index (κ3) is 4.10. The fourth-order valence-electron chi connectivity index (χ4n) is 2.65. The molecule has 1 aliphatic rings. The van der Waals surface area contributed by atoms with Crippen molar-refractivity contribution in [2.24, 2.45) is 7.05 Å². The molecule has 0 amide bonds. The Kier molecular flexibility index (Phi) is 5.20. The van der Waals surface area contributed by atoms with Crippen LogP contribution in [-0.4, -0.2) is 40.6 Å². The molecular formula is C14H26N4. The number of hydrogen-bond donors (Lipinski definition) is 1. The lowest BCUT2D eigenvalue weighted by Crippen LogP contribution is -2.34. The van der Waals surface area contributed by atoms with Gasteiger partial charge in [-0.2, -0.15) is 0 Å². The minimum atomic E-state index is 0.764. The quantitative estimate of drug-likeness (QED) is 0.835. The lowest BCUT2D eigenvalue weighted by atomic mass is 10.0. The van der Waals surface area contributed by atoms with Crippen LogP contribution in [0.5, 0.6) is 0 Å². The normalized spacial score (nSPS) is 20.5. The third-order valence-corrected chi connectivity index (χ3v) is 3.84. The zero-order chi connectivity index (χ0) is 12.8. The number of hydrogen-bond acceptors (Lipinski definition) is 3. The molecule has 1 aromatic heterocycles. The second-order valence-electron chi connectivity index (χ2n) is 5.48. The average molecular weight is 250 g/mol. The lowest BCUT2D eigenvalue weighted by Gasteiger charge is -2.24. The van der Waals surface area contributed by atoms with Gasteiger partial charge in [-0.1, -0.05) is 6.42 Å². The molecule has 1 unspecified atom stereocenters. The minimum Gasteiger partial charge on any atom is -0.337 e. The molecule has 0 aliphatic carbocycles. The van der Waals surface area contributed by atoms with E-state index in [9.17, 15) is 0 Å². The number of nitrogens with one attached hydrogen (secondary N) is 1. The van der Waals surface area contributed by atoms with Gasteiger partial charge in [0, 0.05) is 25.5 Å². The van der Waals surface area contributed by atoms with Crippen molar-refractivity contribution in [3.63, 3.8) is 0 Å². The first-order valence-corrected chi connectivity index (χ1v) is 7.14. The smallest absolute Gasteiger partial charge is 0.122 e. The number of piperidine rings is 1. The highest BCUT2D eigenvalue weighted by Crippen LogP contribution is 2.12. The van der Waals surface area contributed by atoms with Crippen LogP contribution < -0.4 is 5.32 Å². The summed E-state index contributed by atoms with van der Waals surface area (Å²) in [5, 5.41) is 3.61. The average Bonchev–Trinajstić information content (AvgIpc) is 2.76. The summed E-state index contributed by atoms with van der Waals surface area (Å²) < 4.78 is 2.10.